The highest BCUT2D eigenvalue weighted by atomic mass is 16.5. The number of hydrogen-bond donors (Lipinski definition) is 1. The van der Waals surface area contributed by atoms with Crippen LogP contribution in [-0.4, -0.2) is 67.7 Å². The number of rotatable bonds is 5. The van der Waals surface area contributed by atoms with Gasteiger partial charge in [-0.15, -0.1) is 0 Å². The number of aryl methyl sites for hydroxylation is 1. The van der Waals surface area contributed by atoms with Crippen molar-refractivity contribution in [2.45, 2.75) is 13.0 Å². The number of piperazine rings is 1. The molecule has 1 N–H and O–H groups in total. The Labute approximate surface area is 229 Å². The van der Waals surface area contributed by atoms with Gasteiger partial charge < -0.3 is 24.6 Å². The van der Waals surface area contributed by atoms with Gasteiger partial charge in [0, 0.05) is 37.6 Å². The van der Waals surface area contributed by atoms with Crippen LogP contribution in [0.4, 0.5) is 17.2 Å². The van der Waals surface area contributed by atoms with Gasteiger partial charge in [-0.05, 0) is 55.0 Å². The van der Waals surface area contributed by atoms with Crippen molar-refractivity contribution in [1.82, 2.24) is 29.5 Å². The maximum atomic E-state index is 12.4. The summed E-state index contributed by atoms with van der Waals surface area (Å²) in [5.74, 6) is 2.70. The molecule has 0 aliphatic carbocycles. The molecule has 11 heteroatoms. The Morgan fingerprint density at radius 3 is 2.92 bits per heavy atom. The summed E-state index contributed by atoms with van der Waals surface area (Å²) in [5, 5.41) is 8.38. The van der Waals surface area contributed by atoms with Crippen LogP contribution < -0.4 is 19.7 Å². The van der Waals surface area contributed by atoms with Crippen molar-refractivity contribution in [3.05, 3.63) is 79.5 Å². The molecule has 200 valence electrons. The van der Waals surface area contributed by atoms with Crippen molar-refractivity contribution >= 4 is 39.6 Å². The van der Waals surface area contributed by atoms with E-state index in [2.05, 4.69) is 36.8 Å². The largest absolute Gasteiger partial charge is 0.488 e. The van der Waals surface area contributed by atoms with E-state index in [-0.39, 0.29) is 11.9 Å². The van der Waals surface area contributed by atoms with Crippen LogP contribution in [0.5, 0.6) is 17.2 Å². The van der Waals surface area contributed by atoms with E-state index in [4.69, 9.17) is 9.47 Å². The van der Waals surface area contributed by atoms with E-state index in [9.17, 15) is 4.79 Å². The van der Waals surface area contributed by atoms with Gasteiger partial charge in [0.25, 0.3) is 0 Å². The molecule has 0 radical (unpaired) electrons. The SMILES string of the molecule is C=CC(=O)N1CCN2C[C@H]1COc1c2ccc2ncnc(Nc3ccc(Oc4ccn5ncnc5c4)c(C)c3)c12. The van der Waals surface area contributed by atoms with Gasteiger partial charge in [0.15, 0.2) is 11.4 Å². The molecule has 11 nitrogen and oxygen atoms in total. The first-order valence-corrected chi connectivity index (χ1v) is 13.0. The minimum Gasteiger partial charge on any atom is -0.488 e. The Kier molecular flexibility index (Phi) is 5.69. The molecule has 1 fully saturated rings. The number of carbonyl (C=O) groups excluding carboxylic acids is 1. The van der Waals surface area contributed by atoms with Crippen molar-refractivity contribution in [1.29, 1.82) is 0 Å². The Morgan fingerprint density at radius 2 is 2.05 bits per heavy atom. The van der Waals surface area contributed by atoms with Gasteiger partial charge in [0.2, 0.25) is 5.91 Å². The van der Waals surface area contributed by atoms with E-state index < -0.39 is 0 Å². The molecular formula is C29H26N8O3. The van der Waals surface area contributed by atoms with Crippen molar-refractivity contribution in [3.63, 3.8) is 0 Å². The summed E-state index contributed by atoms with van der Waals surface area (Å²) < 4.78 is 14.2. The third-order valence-electron chi connectivity index (χ3n) is 7.35. The maximum Gasteiger partial charge on any atom is 0.246 e. The van der Waals surface area contributed by atoms with Crippen molar-refractivity contribution < 1.29 is 14.3 Å². The van der Waals surface area contributed by atoms with Crippen LogP contribution in [0.3, 0.4) is 0 Å². The second kappa shape index (κ2) is 9.53. The first-order chi connectivity index (χ1) is 19.6. The Balaban J connectivity index is 1.19. The number of aromatic nitrogens is 5. The van der Waals surface area contributed by atoms with Crippen LogP contribution in [0.2, 0.25) is 0 Å². The lowest BCUT2D eigenvalue weighted by Gasteiger charge is -2.39. The summed E-state index contributed by atoms with van der Waals surface area (Å²) in [6.45, 7) is 8.04. The van der Waals surface area contributed by atoms with Gasteiger partial charge in [0.1, 0.15) is 36.6 Å². The molecule has 3 aromatic heterocycles. The highest BCUT2D eigenvalue weighted by molar-refractivity contribution is 6.00. The lowest BCUT2D eigenvalue weighted by atomic mass is 10.1. The molecule has 5 heterocycles. The van der Waals surface area contributed by atoms with Gasteiger partial charge in [-0.1, -0.05) is 6.58 Å². The van der Waals surface area contributed by atoms with Gasteiger partial charge in [0.05, 0.1) is 22.6 Å². The molecule has 0 spiro atoms. The van der Waals surface area contributed by atoms with Gasteiger partial charge in [-0.3, -0.25) is 4.79 Å². The summed E-state index contributed by atoms with van der Waals surface area (Å²) in [4.78, 5) is 29.8. The first-order valence-electron chi connectivity index (χ1n) is 13.0. The van der Waals surface area contributed by atoms with E-state index in [1.165, 1.54) is 12.4 Å². The molecule has 5 aromatic rings. The lowest BCUT2D eigenvalue weighted by molar-refractivity contribution is -0.129. The number of carbonyl (C=O) groups is 1. The number of anilines is 3. The third-order valence-corrected chi connectivity index (χ3v) is 7.35. The Hall–Kier alpha value is -5.19. The fraction of sp³-hybridized carbons (Fsp3) is 0.207. The molecule has 1 amide bonds. The fourth-order valence-corrected chi connectivity index (χ4v) is 5.37. The molecule has 0 saturated carbocycles. The minimum absolute atomic E-state index is 0.0663. The van der Waals surface area contributed by atoms with Crippen molar-refractivity contribution in [3.8, 4) is 17.2 Å². The topological polar surface area (TPSA) is 110 Å². The van der Waals surface area contributed by atoms with Gasteiger partial charge >= 0.3 is 0 Å². The highest BCUT2D eigenvalue weighted by Crippen LogP contribution is 2.42. The third kappa shape index (κ3) is 4.12. The monoisotopic (exact) mass is 534 g/mol. The van der Waals surface area contributed by atoms with Gasteiger partial charge in [-0.25, -0.2) is 19.5 Å². The summed E-state index contributed by atoms with van der Waals surface area (Å²) in [7, 11) is 0. The standard InChI is InChI=1S/C29H26N8O3/c1-3-26(38)36-11-10-35-14-20(36)15-39-28-23(35)6-5-22-27(28)29(32-16-30-22)34-19-4-7-24(18(2)12-19)40-21-8-9-37-25(13-21)31-17-33-37/h3-9,12-13,16-17,20H,1,10-11,14-15H2,2H3,(H,30,32,34)/t20-/m0/s1. The highest BCUT2D eigenvalue weighted by Gasteiger charge is 2.34. The molecule has 2 aliphatic heterocycles. The number of pyridine rings is 1. The smallest absolute Gasteiger partial charge is 0.246 e. The van der Waals surface area contributed by atoms with E-state index in [1.807, 2.05) is 60.5 Å². The number of hydrogen-bond acceptors (Lipinski definition) is 9. The second-order valence-electron chi connectivity index (χ2n) is 9.81. The number of ether oxygens (including phenoxy) is 2. The average Bonchev–Trinajstić information content (AvgIpc) is 3.39. The zero-order valence-electron chi connectivity index (χ0n) is 21.8. The van der Waals surface area contributed by atoms with E-state index in [1.54, 1.807) is 10.8 Å². The Bertz CT molecular complexity index is 1780. The molecule has 1 atom stereocenters. The average molecular weight is 535 g/mol. The number of benzene rings is 2. The fourth-order valence-electron chi connectivity index (χ4n) is 5.37. The second-order valence-corrected chi connectivity index (χ2v) is 9.81. The van der Waals surface area contributed by atoms with Gasteiger partial charge in [-0.2, -0.15) is 5.10 Å². The Morgan fingerprint density at radius 1 is 1.12 bits per heavy atom. The van der Waals surface area contributed by atoms with Crippen molar-refractivity contribution in [2.24, 2.45) is 0 Å². The zero-order chi connectivity index (χ0) is 27.2. The van der Waals surface area contributed by atoms with E-state index >= 15 is 0 Å². The minimum atomic E-state index is -0.0726. The lowest BCUT2D eigenvalue weighted by Crippen LogP contribution is -2.56. The van der Waals surface area contributed by atoms with Crippen LogP contribution in [0, 0.1) is 6.92 Å². The van der Waals surface area contributed by atoms with E-state index in [0.717, 1.165) is 39.3 Å². The van der Waals surface area contributed by atoms with Crippen LogP contribution in [-0.2, 0) is 4.79 Å². The van der Waals surface area contributed by atoms with Crippen LogP contribution in [0.15, 0.2) is 74.0 Å². The molecule has 7 rings (SSSR count). The van der Waals surface area contributed by atoms with E-state index in [0.29, 0.717) is 43.5 Å². The summed E-state index contributed by atoms with van der Waals surface area (Å²) in [6.07, 6.45) is 6.23. The molecule has 1 saturated heterocycles. The zero-order valence-corrected chi connectivity index (χ0v) is 21.8. The van der Waals surface area contributed by atoms with Crippen molar-refractivity contribution in [2.75, 3.05) is 36.5 Å². The van der Waals surface area contributed by atoms with Crippen LogP contribution >= 0.6 is 0 Å². The summed E-state index contributed by atoms with van der Waals surface area (Å²) >= 11 is 0. The predicted molar refractivity (Wildman–Crippen MR) is 150 cm³/mol. The molecule has 2 aromatic carbocycles. The maximum absolute atomic E-state index is 12.4. The molecular weight excluding hydrogens is 508 g/mol. The number of nitrogens with one attached hydrogen (secondary N) is 1. The van der Waals surface area contributed by atoms with Crippen LogP contribution in [0.1, 0.15) is 5.56 Å². The number of nitrogens with zero attached hydrogens (tertiary/aromatic N) is 7. The number of amides is 1. The first kappa shape index (κ1) is 23.9. The normalized spacial score (nSPS) is 16.3. The molecule has 0 unspecified atom stereocenters. The molecule has 2 bridgehead atoms. The quantitative estimate of drug-likeness (QED) is 0.333. The number of fused-ring (bicyclic) bond motifs is 7. The van der Waals surface area contributed by atoms with Crippen LogP contribution in [0.25, 0.3) is 16.6 Å². The molecule has 40 heavy (non-hydrogen) atoms. The summed E-state index contributed by atoms with van der Waals surface area (Å²) in [6, 6.07) is 13.5. The predicted octanol–water partition coefficient (Wildman–Crippen LogP) is 4.11. The molecule has 2 aliphatic rings. The summed E-state index contributed by atoms with van der Waals surface area (Å²) in [5.41, 5.74) is 4.26.